The van der Waals surface area contributed by atoms with Crippen molar-refractivity contribution in [3.8, 4) is 0 Å². The number of benzene rings is 1. The second-order valence-electron chi connectivity index (χ2n) is 5.51. The van der Waals surface area contributed by atoms with Crippen LogP contribution in [0.5, 0.6) is 0 Å². The lowest BCUT2D eigenvalue weighted by atomic mass is 10.0. The zero-order chi connectivity index (χ0) is 15.8. The number of sulfonamides is 1. The van der Waals surface area contributed by atoms with Crippen LogP contribution in [0.2, 0.25) is 0 Å². The standard InChI is InChI=1S/C15H21N3O2S/c1-10(2)13-7-6-8-14(9-13)17-21(19,20)15-11(3)16-18(5)12(15)4/h6-10,17H,1-5H3. The molecule has 5 nitrogen and oxygen atoms in total. The van der Waals surface area contributed by atoms with Crippen LogP contribution in [-0.4, -0.2) is 18.2 Å². The van der Waals surface area contributed by atoms with Crippen molar-refractivity contribution in [1.29, 1.82) is 0 Å². The first kappa shape index (κ1) is 15.6. The third kappa shape index (κ3) is 3.10. The summed E-state index contributed by atoms with van der Waals surface area (Å²) in [5.41, 5.74) is 2.79. The quantitative estimate of drug-likeness (QED) is 0.944. The van der Waals surface area contributed by atoms with Gasteiger partial charge in [0, 0.05) is 12.7 Å². The lowest BCUT2D eigenvalue weighted by Gasteiger charge is -2.11. The summed E-state index contributed by atoms with van der Waals surface area (Å²) in [6, 6.07) is 7.47. The van der Waals surface area contributed by atoms with Crippen LogP contribution < -0.4 is 4.72 Å². The minimum atomic E-state index is -3.63. The first-order chi connectivity index (χ1) is 9.72. The van der Waals surface area contributed by atoms with Gasteiger partial charge >= 0.3 is 0 Å². The van der Waals surface area contributed by atoms with E-state index in [4.69, 9.17) is 0 Å². The maximum atomic E-state index is 12.6. The molecule has 0 radical (unpaired) electrons. The molecule has 0 aliphatic heterocycles. The van der Waals surface area contributed by atoms with Gasteiger partial charge in [-0.1, -0.05) is 26.0 Å². The average molecular weight is 307 g/mol. The number of nitrogens with one attached hydrogen (secondary N) is 1. The molecule has 0 aliphatic rings. The van der Waals surface area contributed by atoms with Gasteiger partial charge in [-0.3, -0.25) is 9.40 Å². The molecular weight excluding hydrogens is 286 g/mol. The number of hydrogen-bond donors (Lipinski definition) is 1. The Morgan fingerprint density at radius 2 is 1.90 bits per heavy atom. The molecule has 0 aliphatic carbocycles. The van der Waals surface area contributed by atoms with Crippen LogP contribution in [0.3, 0.4) is 0 Å². The minimum absolute atomic E-state index is 0.250. The van der Waals surface area contributed by atoms with Gasteiger partial charge in [-0.25, -0.2) is 8.42 Å². The number of anilines is 1. The molecule has 2 aromatic rings. The molecule has 0 unspecified atom stereocenters. The highest BCUT2D eigenvalue weighted by Crippen LogP contribution is 2.24. The van der Waals surface area contributed by atoms with Crippen molar-refractivity contribution in [3.05, 3.63) is 41.2 Å². The molecular formula is C15H21N3O2S. The van der Waals surface area contributed by atoms with Crippen molar-refractivity contribution in [2.45, 2.75) is 38.5 Å². The number of hydrogen-bond acceptors (Lipinski definition) is 3. The highest BCUT2D eigenvalue weighted by Gasteiger charge is 2.23. The van der Waals surface area contributed by atoms with E-state index in [9.17, 15) is 8.42 Å². The van der Waals surface area contributed by atoms with Crippen LogP contribution in [-0.2, 0) is 17.1 Å². The molecule has 0 saturated heterocycles. The zero-order valence-electron chi connectivity index (χ0n) is 13.0. The van der Waals surface area contributed by atoms with E-state index in [1.165, 1.54) is 0 Å². The molecule has 0 amide bonds. The maximum absolute atomic E-state index is 12.6. The lowest BCUT2D eigenvalue weighted by molar-refractivity contribution is 0.599. The van der Waals surface area contributed by atoms with Crippen LogP contribution in [0.4, 0.5) is 5.69 Å². The Balaban J connectivity index is 2.40. The van der Waals surface area contributed by atoms with Gasteiger partial charge in [0.05, 0.1) is 11.4 Å². The Labute approximate surface area is 126 Å². The van der Waals surface area contributed by atoms with Gasteiger partial charge in [-0.15, -0.1) is 0 Å². The van der Waals surface area contributed by atoms with E-state index in [2.05, 4.69) is 23.7 Å². The summed E-state index contributed by atoms with van der Waals surface area (Å²) in [5, 5.41) is 4.16. The van der Waals surface area contributed by atoms with E-state index in [0.29, 0.717) is 23.0 Å². The molecule has 0 spiro atoms. The van der Waals surface area contributed by atoms with Gasteiger partial charge in [0.2, 0.25) is 0 Å². The van der Waals surface area contributed by atoms with Gasteiger partial charge in [0.15, 0.2) is 0 Å². The largest absolute Gasteiger partial charge is 0.280 e. The van der Waals surface area contributed by atoms with Crippen LogP contribution in [0, 0.1) is 13.8 Å². The minimum Gasteiger partial charge on any atom is -0.280 e. The van der Waals surface area contributed by atoms with E-state index >= 15 is 0 Å². The summed E-state index contributed by atoms with van der Waals surface area (Å²) in [6.07, 6.45) is 0. The van der Waals surface area contributed by atoms with Gasteiger partial charge in [-0.2, -0.15) is 5.10 Å². The van der Waals surface area contributed by atoms with Crippen molar-refractivity contribution in [2.75, 3.05) is 4.72 Å². The fourth-order valence-electron chi connectivity index (χ4n) is 2.31. The van der Waals surface area contributed by atoms with E-state index < -0.39 is 10.0 Å². The van der Waals surface area contributed by atoms with E-state index in [1.807, 2.05) is 18.2 Å². The smallest absolute Gasteiger partial charge is 0.265 e. The van der Waals surface area contributed by atoms with E-state index in [0.717, 1.165) is 5.56 Å². The van der Waals surface area contributed by atoms with Crippen LogP contribution in [0.1, 0.15) is 36.7 Å². The average Bonchev–Trinajstić information content (AvgIpc) is 2.63. The normalized spacial score (nSPS) is 11.9. The van der Waals surface area contributed by atoms with Gasteiger partial charge in [0.1, 0.15) is 4.90 Å². The molecule has 0 saturated carbocycles. The van der Waals surface area contributed by atoms with Gasteiger partial charge in [0.25, 0.3) is 10.0 Å². The van der Waals surface area contributed by atoms with Crippen molar-refractivity contribution >= 4 is 15.7 Å². The predicted molar refractivity (Wildman–Crippen MR) is 84.0 cm³/mol. The van der Waals surface area contributed by atoms with Crippen molar-refractivity contribution in [1.82, 2.24) is 9.78 Å². The van der Waals surface area contributed by atoms with Crippen molar-refractivity contribution in [2.24, 2.45) is 7.05 Å². The molecule has 1 heterocycles. The summed E-state index contributed by atoms with van der Waals surface area (Å²) in [4.78, 5) is 0.250. The third-order valence-corrected chi connectivity index (χ3v) is 5.15. The molecule has 114 valence electrons. The Kier molecular flexibility index (Phi) is 4.09. The Morgan fingerprint density at radius 1 is 1.24 bits per heavy atom. The van der Waals surface area contributed by atoms with Crippen molar-refractivity contribution in [3.63, 3.8) is 0 Å². The molecule has 6 heteroatoms. The van der Waals surface area contributed by atoms with Gasteiger partial charge in [-0.05, 0) is 37.5 Å². The number of nitrogens with zero attached hydrogens (tertiary/aromatic N) is 2. The summed E-state index contributed by atoms with van der Waals surface area (Å²) in [6.45, 7) is 7.59. The maximum Gasteiger partial charge on any atom is 0.265 e. The zero-order valence-corrected chi connectivity index (χ0v) is 13.8. The highest BCUT2D eigenvalue weighted by molar-refractivity contribution is 7.92. The molecule has 21 heavy (non-hydrogen) atoms. The first-order valence-corrected chi connectivity index (χ1v) is 8.33. The highest BCUT2D eigenvalue weighted by atomic mass is 32.2. The molecule has 0 bridgehead atoms. The summed E-state index contributed by atoms with van der Waals surface area (Å²) in [5.74, 6) is 0.344. The van der Waals surface area contributed by atoms with Gasteiger partial charge < -0.3 is 0 Å². The number of aromatic nitrogens is 2. The first-order valence-electron chi connectivity index (χ1n) is 6.85. The second kappa shape index (κ2) is 5.52. The van der Waals surface area contributed by atoms with Crippen molar-refractivity contribution < 1.29 is 8.42 Å². The fourth-order valence-corrected chi connectivity index (χ4v) is 3.80. The molecule has 0 atom stereocenters. The Hall–Kier alpha value is -1.82. The summed E-state index contributed by atoms with van der Waals surface area (Å²) < 4.78 is 29.4. The molecule has 1 aromatic heterocycles. The third-order valence-electron chi connectivity index (χ3n) is 3.52. The van der Waals surface area contributed by atoms with E-state index in [-0.39, 0.29) is 4.90 Å². The lowest BCUT2D eigenvalue weighted by Crippen LogP contribution is -2.15. The second-order valence-corrected chi connectivity index (χ2v) is 7.13. The van der Waals surface area contributed by atoms with Crippen LogP contribution >= 0.6 is 0 Å². The van der Waals surface area contributed by atoms with E-state index in [1.54, 1.807) is 31.6 Å². The summed E-state index contributed by atoms with van der Waals surface area (Å²) >= 11 is 0. The Bertz CT molecular complexity index is 761. The SMILES string of the molecule is Cc1nn(C)c(C)c1S(=O)(=O)Nc1cccc(C(C)C)c1. The molecule has 1 aromatic carbocycles. The van der Waals surface area contributed by atoms with Crippen LogP contribution in [0.25, 0.3) is 0 Å². The topological polar surface area (TPSA) is 64.0 Å². The predicted octanol–water partition coefficient (Wildman–Crippen LogP) is 2.96. The molecule has 0 fully saturated rings. The fraction of sp³-hybridized carbons (Fsp3) is 0.400. The number of aryl methyl sites for hydroxylation is 2. The molecule has 2 rings (SSSR count). The number of rotatable bonds is 4. The summed E-state index contributed by atoms with van der Waals surface area (Å²) in [7, 11) is -1.89. The monoisotopic (exact) mass is 307 g/mol. The Morgan fingerprint density at radius 3 is 2.43 bits per heavy atom. The van der Waals surface area contributed by atoms with Crippen LogP contribution in [0.15, 0.2) is 29.2 Å². The molecule has 1 N–H and O–H groups in total.